The van der Waals surface area contributed by atoms with Gasteiger partial charge < -0.3 is 24.4 Å². The SMILES string of the molecule is O=C([O-])CCc1ccc(-c2ccc(Br)cc2)n1CCC(=O)[O-]. The molecule has 0 saturated carbocycles. The third kappa shape index (κ3) is 4.21. The quantitative estimate of drug-likeness (QED) is 0.725. The highest BCUT2D eigenvalue weighted by molar-refractivity contribution is 9.10. The molecule has 0 aliphatic carbocycles. The number of aromatic nitrogens is 1. The van der Waals surface area contributed by atoms with E-state index in [1.54, 1.807) is 0 Å². The highest BCUT2D eigenvalue weighted by atomic mass is 79.9. The summed E-state index contributed by atoms with van der Waals surface area (Å²) in [6.07, 6.45) is 0.0670. The molecule has 1 aromatic heterocycles. The maximum Gasteiger partial charge on any atom is 0.0482 e. The smallest absolute Gasteiger partial charge is 0.0482 e. The second-order valence-corrected chi connectivity index (χ2v) is 5.78. The molecule has 1 aromatic carbocycles. The molecule has 5 nitrogen and oxygen atoms in total. The van der Waals surface area contributed by atoms with Gasteiger partial charge >= 0.3 is 0 Å². The van der Waals surface area contributed by atoms with Gasteiger partial charge in [-0.25, -0.2) is 0 Å². The lowest BCUT2D eigenvalue weighted by Gasteiger charge is -2.14. The van der Waals surface area contributed by atoms with E-state index in [2.05, 4.69) is 15.9 Å². The third-order valence-corrected chi connectivity index (χ3v) is 3.86. The van der Waals surface area contributed by atoms with Crippen LogP contribution >= 0.6 is 15.9 Å². The summed E-state index contributed by atoms with van der Waals surface area (Å²) in [5, 5.41) is 21.4. The van der Waals surface area contributed by atoms with Crippen molar-refractivity contribution in [3.63, 3.8) is 0 Å². The van der Waals surface area contributed by atoms with Gasteiger partial charge in [-0.1, -0.05) is 28.1 Å². The Morgan fingerprint density at radius 2 is 1.59 bits per heavy atom. The van der Waals surface area contributed by atoms with Crippen LogP contribution in [0.4, 0.5) is 0 Å². The molecule has 116 valence electrons. The minimum Gasteiger partial charge on any atom is -0.550 e. The van der Waals surface area contributed by atoms with Crippen LogP contribution in [0.15, 0.2) is 40.9 Å². The molecular weight excluding hydrogens is 350 g/mol. The fourth-order valence-corrected chi connectivity index (χ4v) is 2.56. The van der Waals surface area contributed by atoms with Crippen molar-refractivity contribution in [1.29, 1.82) is 0 Å². The number of aryl methyl sites for hydroxylation is 1. The Kier molecular flexibility index (Phi) is 5.38. The highest BCUT2D eigenvalue weighted by Gasteiger charge is 2.10. The molecule has 0 atom stereocenters. The van der Waals surface area contributed by atoms with Gasteiger partial charge in [0.25, 0.3) is 0 Å². The summed E-state index contributed by atoms with van der Waals surface area (Å²) in [6.45, 7) is 0.239. The van der Waals surface area contributed by atoms with Crippen molar-refractivity contribution in [2.24, 2.45) is 0 Å². The van der Waals surface area contributed by atoms with Crippen molar-refractivity contribution in [3.05, 3.63) is 46.6 Å². The van der Waals surface area contributed by atoms with Crippen molar-refractivity contribution >= 4 is 27.9 Å². The lowest BCUT2D eigenvalue weighted by atomic mass is 10.1. The van der Waals surface area contributed by atoms with Gasteiger partial charge in [0.1, 0.15) is 0 Å². The van der Waals surface area contributed by atoms with Crippen LogP contribution in [0.25, 0.3) is 11.3 Å². The predicted molar refractivity (Wildman–Crippen MR) is 80.5 cm³/mol. The number of carbonyl (C=O) groups excluding carboxylic acids is 2. The van der Waals surface area contributed by atoms with Crippen LogP contribution in [0.3, 0.4) is 0 Å². The Balaban J connectivity index is 2.33. The fourth-order valence-electron chi connectivity index (χ4n) is 2.30. The molecule has 0 aliphatic rings. The molecule has 0 aliphatic heterocycles. The van der Waals surface area contributed by atoms with E-state index in [-0.39, 0.29) is 19.4 Å². The number of benzene rings is 1. The highest BCUT2D eigenvalue weighted by Crippen LogP contribution is 2.25. The maximum absolute atomic E-state index is 10.7. The maximum atomic E-state index is 10.7. The van der Waals surface area contributed by atoms with Crippen LogP contribution in [0, 0.1) is 0 Å². The Bertz CT molecular complexity index is 676. The van der Waals surface area contributed by atoms with E-state index in [9.17, 15) is 19.8 Å². The molecule has 6 heteroatoms. The number of nitrogens with zero attached hydrogens (tertiary/aromatic N) is 1. The zero-order chi connectivity index (χ0) is 16.1. The minimum absolute atomic E-state index is 0.102. The van der Waals surface area contributed by atoms with E-state index in [0.29, 0.717) is 6.42 Å². The van der Waals surface area contributed by atoms with E-state index in [4.69, 9.17) is 0 Å². The fraction of sp³-hybridized carbons (Fsp3) is 0.250. The second kappa shape index (κ2) is 7.26. The first-order valence-corrected chi connectivity index (χ1v) is 7.60. The normalized spacial score (nSPS) is 10.6. The van der Waals surface area contributed by atoms with E-state index in [0.717, 1.165) is 21.4 Å². The summed E-state index contributed by atoms with van der Waals surface area (Å²) in [4.78, 5) is 21.4. The van der Waals surface area contributed by atoms with Crippen molar-refractivity contribution in [3.8, 4) is 11.3 Å². The molecule has 1 heterocycles. The predicted octanol–water partition coefficient (Wildman–Crippen LogP) is 0.740. The van der Waals surface area contributed by atoms with Gasteiger partial charge in [-0.05, 0) is 42.7 Å². The number of aliphatic carboxylic acids is 2. The van der Waals surface area contributed by atoms with Gasteiger partial charge in [0, 0.05) is 40.8 Å². The van der Waals surface area contributed by atoms with Crippen LogP contribution in [0.2, 0.25) is 0 Å². The number of halogens is 1. The molecular formula is C16H14BrNO4-2. The van der Waals surface area contributed by atoms with E-state index in [1.807, 2.05) is 41.0 Å². The van der Waals surface area contributed by atoms with Crippen LogP contribution in [-0.2, 0) is 22.6 Å². The first kappa shape index (κ1) is 16.3. The van der Waals surface area contributed by atoms with Crippen molar-refractivity contribution in [2.75, 3.05) is 0 Å². The van der Waals surface area contributed by atoms with Gasteiger partial charge in [-0.2, -0.15) is 0 Å². The van der Waals surface area contributed by atoms with E-state index in [1.165, 1.54) is 0 Å². The number of carboxylic acids is 2. The minimum atomic E-state index is -1.14. The van der Waals surface area contributed by atoms with Gasteiger partial charge in [-0.15, -0.1) is 0 Å². The monoisotopic (exact) mass is 363 g/mol. The Labute approximate surface area is 136 Å². The molecule has 0 unspecified atom stereocenters. The third-order valence-electron chi connectivity index (χ3n) is 3.34. The van der Waals surface area contributed by atoms with Crippen molar-refractivity contribution < 1.29 is 19.8 Å². The molecule has 22 heavy (non-hydrogen) atoms. The van der Waals surface area contributed by atoms with Crippen LogP contribution < -0.4 is 10.2 Å². The van der Waals surface area contributed by atoms with E-state index < -0.39 is 11.9 Å². The molecule has 0 fully saturated rings. The Hall–Kier alpha value is -2.08. The van der Waals surface area contributed by atoms with Crippen LogP contribution in [0.1, 0.15) is 18.5 Å². The number of carbonyl (C=O) groups is 2. The summed E-state index contributed by atoms with van der Waals surface area (Å²) in [7, 11) is 0. The molecule has 2 rings (SSSR count). The molecule has 0 spiro atoms. The summed E-state index contributed by atoms with van der Waals surface area (Å²) < 4.78 is 2.77. The Morgan fingerprint density at radius 1 is 0.955 bits per heavy atom. The topological polar surface area (TPSA) is 85.2 Å². The van der Waals surface area contributed by atoms with Crippen molar-refractivity contribution in [2.45, 2.75) is 25.8 Å². The number of hydrogen-bond acceptors (Lipinski definition) is 4. The second-order valence-electron chi connectivity index (χ2n) is 4.86. The van der Waals surface area contributed by atoms with Gasteiger partial charge in [0.2, 0.25) is 0 Å². The van der Waals surface area contributed by atoms with E-state index >= 15 is 0 Å². The van der Waals surface area contributed by atoms with Gasteiger partial charge in [-0.3, -0.25) is 0 Å². The largest absolute Gasteiger partial charge is 0.550 e. The number of carboxylic acid groups (broad SMARTS) is 2. The summed E-state index contributed by atoms with van der Waals surface area (Å²) >= 11 is 3.37. The molecule has 0 amide bonds. The summed E-state index contributed by atoms with van der Waals surface area (Å²) in [5.41, 5.74) is 2.55. The molecule has 0 radical (unpaired) electrons. The zero-order valence-electron chi connectivity index (χ0n) is 11.8. The van der Waals surface area contributed by atoms with Crippen LogP contribution in [0.5, 0.6) is 0 Å². The first-order valence-electron chi connectivity index (χ1n) is 6.81. The molecule has 2 aromatic rings. The first-order chi connectivity index (χ1) is 10.5. The molecule has 0 saturated heterocycles. The van der Waals surface area contributed by atoms with Gasteiger partial charge in [0.15, 0.2) is 0 Å². The summed E-state index contributed by atoms with van der Waals surface area (Å²) in [6, 6.07) is 11.3. The molecule has 0 bridgehead atoms. The lowest BCUT2D eigenvalue weighted by Crippen LogP contribution is -2.25. The van der Waals surface area contributed by atoms with Crippen LogP contribution in [-0.4, -0.2) is 16.5 Å². The standard InChI is InChI=1S/C16H16BrNO4/c17-12-3-1-11(2-4-12)14-7-5-13(6-8-15(19)20)18(14)10-9-16(21)22/h1-5,7H,6,8-10H2,(H,19,20)(H,21,22)/p-2. The van der Waals surface area contributed by atoms with Crippen molar-refractivity contribution in [1.82, 2.24) is 4.57 Å². The average molecular weight is 364 g/mol. The molecule has 0 N–H and O–H groups in total. The Morgan fingerprint density at radius 3 is 2.18 bits per heavy atom. The summed E-state index contributed by atoms with van der Waals surface area (Å²) in [5.74, 6) is -2.26. The van der Waals surface area contributed by atoms with Gasteiger partial charge in [0.05, 0.1) is 0 Å². The zero-order valence-corrected chi connectivity index (χ0v) is 13.3. The lowest BCUT2D eigenvalue weighted by molar-refractivity contribution is -0.307. The average Bonchev–Trinajstić information content (AvgIpc) is 2.86. The number of rotatable bonds is 7. The number of hydrogen-bond donors (Lipinski definition) is 0.